The maximum atomic E-state index is 13.6. The Kier molecular flexibility index (Phi) is 18.7. The molecule has 0 spiro atoms. The summed E-state index contributed by atoms with van der Waals surface area (Å²) in [5.74, 6) is 0.843. The van der Waals surface area contributed by atoms with Crippen LogP contribution in [0.25, 0.3) is 0 Å². The second-order valence-electron chi connectivity index (χ2n) is 21.6. The van der Waals surface area contributed by atoms with Gasteiger partial charge in [0.1, 0.15) is 5.82 Å². The van der Waals surface area contributed by atoms with Gasteiger partial charge in [0.2, 0.25) is 0 Å². The van der Waals surface area contributed by atoms with Crippen LogP contribution in [-0.4, -0.2) is 170 Å². The summed E-state index contributed by atoms with van der Waals surface area (Å²) in [5, 5.41) is 34.1. The molecular weight excluding hydrogens is 824 g/mol. The van der Waals surface area contributed by atoms with Gasteiger partial charge in [0, 0.05) is 122 Å². The molecule has 6 fully saturated rings. The summed E-state index contributed by atoms with van der Waals surface area (Å²) in [5.41, 5.74) is 1.97. The van der Waals surface area contributed by atoms with Gasteiger partial charge in [-0.2, -0.15) is 0 Å². The van der Waals surface area contributed by atoms with Crippen molar-refractivity contribution in [3.63, 3.8) is 0 Å². The minimum atomic E-state index is -0.805. The van der Waals surface area contributed by atoms with Gasteiger partial charge < -0.3 is 44.7 Å². The van der Waals surface area contributed by atoms with Crippen LogP contribution in [0, 0.1) is 30.5 Å². The third-order valence-corrected chi connectivity index (χ3v) is 16.8. The summed E-state index contributed by atoms with van der Waals surface area (Å²) in [6.07, 6.45) is 13.9. The van der Waals surface area contributed by atoms with E-state index in [1.165, 1.54) is 43.7 Å². The first-order valence-electron chi connectivity index (χ1n) is 26.1. The van der Waals surface area contributed by atoms with Gasteiger partial charge in [-0.25, -0.2) is 4.39 Å². The molecule has 3 heterocycles. The highest BCUT2D eigenvalue weighted by molar-refractivity contribution is 5.30. The van der Waals surface area contributed by atoms with Gasteiger partial charge in [-0.1, -0.05) is 111 Å². The van der Waals surface area contributed by atoms with E-state index in [0.717, 1.165) is 161 Å². The molecule has 3 saturated heterocycles. The summed E-state index contributed by atoms with van der Waals surface area (Å²) in [7, 11) is 6.55. The largest absolute Gasteiger partial charge is 0.389 e. The summed E-state index contributed by atoms with van der Waals surface area (Å²) in [6.45, 7) is 18.4. The highest BCUT2D eigenvalue weighted by Gasteiger charge is 2.43. The highest BCUT2D eigenvalue weighted by Crippen LogP contribution is 2.44. The molecule has 3 aliphatic heterocycles. The number of likely N-dealkylation sites (N-methyl/N-ethyl adjacent to an activating group) is 3. The van der Waals surface area contributed by atoms with E-state index in [-0.39, 0.29) is 11.7 Å². The molecule has 0 radical (unpaired) electrons. The number of aryl methyl sites for hydroxylation is 1. The third-order valence-electron chi connectivity index (χ3n) is 16.8. The molecule has 3 saturated carbocycles. The monoisotopic (exact) mass is 911 g/mol. The van der Waals surface area contributed by atoms with Crippen LogP contribution in [0.5, 0.6) is 0 Å². The molecule has 3 N–H and O–H groups in total. The fraction of sp³-hybridized carbons (Fsp3) is 0.679. The van der Waals surface area contributed by atoms with Crippen LogP contribution in [0.3, 0.4) is 0 Å². The quantitative estimate of drug-likeness (QED) is 0.192. The van der Waals surface area contributed by atoms with Gasteiger partial charge >= 0.3 is 0 Å². The average molecular weight is 911 g/mol. The van der Waals surface area contributed by atoms with E-state index in [2.05, 4.69) is 105 Å². The van der Waals surface area contributed by atoms with Crippen LogP contribution in [0.4, 0.5) is 4.39 Å². The Balaban J connectivity index is 0.000000147. The van der Waals surface area contributed by atoms with Crippen molar-refractivity contribution >= 4 is 0 Å². The standard InChI is InChI=1S/C19H29FN2O.C19H30N2O.C18H28N2O/c1-15-13-16(6-7-18(15)20)19(23)8-4-3-5-17(19)14-22-11-9-21(2)10-12-22;1-20-11-13-21(14-12-20)16-18-9-5-6-10-19(18,22)15-17-7-3-2-4-8-17;1-19-11-13-20(14-12-19)15-17-9-5-6-10-18(17,21)16-7-3-2-4-8-16/h6-7,13,17,23H,3-5,8-12,14H2,1-2H3;2-4,7-8,18,22H,5-6,9-16H2,1H3;2-4,7-8,17,21H,5-6,9-15H2,1H3. The summed E-state index contributed by atoms with van der Waals surface area (Å²) >= 11 is 0. The number of nitrogens with zero attached hydrogens (tertiary/aromatic N) is 6. The molecule has 9 rings (SSSR count). The van der Waals surface area contributed by atoms with Crippen LogP contribution < -0.4 is 0 Å². The number of hydrogen-bond acceptors (Lipinski definition) is 9. The molecule has 0 aromatic heterocycles. The minimum Gasteiger partial charge on any atom is -0.389 e. The van der Waals surface area contributed by atoms with Crippen molar-refractivity contribution in [2.24, 2.45) is 17.8 Å². The van der Waals surface area contributed by atoms with Crippen molar-refractivity contribution in [1.82, 2.24) is 29.4 Å². The van der Waals surface area contributed by atoms with Crippen LogP contribution in [0.2, 0.25) is 0 Å². The van der Waals surface area contributed by atoms with E-state index >= 15 is 0 Å². The molecule has 6 unspecified atom stereocenters. The Morgan fingerprint density at radius 2 is 0.894 bits per heavy atom. The number of halogens is 1. The fourth-order valence-corrected chi connectivity index (χ4v) is 12.1. The molecule has 0 bridgehead atoms. The van der Waals surface area contributed by atoms with E-state index < -0.39 is 16.8 Å². The Hall–Kier alpha value is -2.77. The van der Waals surface area contributed by atoms with Gasteiger partial charge in [-0.05, 0) is 94.9 Å². The lowest BCUT2D eigenvalue weighted by Crippen LogP contribution is -2.52. The number of hydrogen-bond donors (Lipinski definition) is 3. The van der Waals surface area contributed by atoms with Crippen molar-refractivity contribution in [2.45, 2.75) is 107 Å². The summed E-state index contributed by atoms with van der Waals surface area (Å²) in [4.78, 5) is 14.7. The average Bonchev–Trinajstić information content (AvgIpc) is 3.33. The zero-order chi connectivity index (χ0) is 46.6. The molecule has 10 heteroatoms. The van der Waals surface area contributed by atoms with Crippen LogP contribution in [0.1, 0.15) is 99.3 Å². The molecule has 366 valence electrons. The fourth-order valence-electron chi connectivity index (χ4n) is 12.1. The predicted molar refractivity (Wildman–Crippen MR) is 268 cm³/mol. The Morgan fingerprint density at radius 1 is 0.485 bits per heavy atom. The highest BCUT2D eigenvalue weighted by atomic mass is 19.1. The molecule has 66 heavy (non-hydrogen) atoms. The van der Waals surface area contributed by atoms with E-state index in [1.807, 2.05) is 12.1 Å². The second-order valence-corrected chi connectivity index (χ2v) is 21.6. The molecule has 3 aromatic rings. The predicted octanol–water partition coefficient (Wildman–Crippen LogP) is 7.47. The van der Waals surface area contributed by atoms with Crippen molar-refractivity contribution in [2.75, 3.05) is 119 Å². The molecule has 6 aliphatic rings. The lowest BCUT2D eigenvalue weighted by atomic mass is 9.71. The topological polar surface area (TPSA) is 80.1 Å². The SMILES string of the molecule is CN1CCN(CC2CCCCC2(O)Cc2ccccc2)CC1.CN1CCN(CC2CCCCC2(O)c2ccccc2)CC1.Cc1cc(C2(O)CCCCC2CN2CCN(C)CC2)ccc1F. The molecule has 0 amide bonds. The van der Waals surface area contributed by atoms with Gasteiger partial charge in [0.15, 0.2) is 0 Å². The first-order valence-corrected chi connectivity index (χ1v) is 26.1. The zero-order valence-electron chi connectivity index (χ0n) is 41.4. The number of benzene rings is 3. The Labute approximate surface area is 398 Å². The third kappa shape index (κ3) is 13.7. The van der Waals surface area contributed by atoms with Gasteiger partial charge in [0.05, 0.1) is 16.8 Å². The number of piperazine rings is 3. The summed E-state index contributed by atoms with van der Waals surface area (Å²) in [6, 6.07) is 26.0. The van der Waals surface area contributed by atoms with Crippen molar-refractivity contribution in [3.05, 3.63) is 107 Å². The van der Waals surface area contributed by atoms with Crippen LogP contribution >= 0.6 is 0 Å². The van der Waals surface area contributed by atoms with Gasteiger partial charge in [-0.3, -0.25) is 0 Å². The van der Waals surface area contributed by atoms with E-state index in [0.29, 0.717) is 17.4 Å². The molecule has 9 nitrogen and oxygen atoms in total. The Bertz CT molecular complexity index is 1870. The number of rotatable bonds is 10. The normalized spacial score (nSPS) is 31.3. The molecule has 6 atom stereocenters. The maximum Gasteiger partial charge on any atom is 0.126 e. The first kappa shape index (κ1) is 51.1. The summed E-state index contributed by atoms with van der Waals surface area (Å²) < 4.78 is 13.6. The smallest absolute Gasteiger partial charge is 0.126 e. The second kappa shape index (κ2) is 24.2. The minimum absolute atomic E-state index is 0.191. The van der Waals surface area contributed by atoms with Crippen molar-refractivity contribution < 1.29 is 19.7 Å². The maximum absolute atomic E-state index is 13.6. The lowest BCUT2D eigenvalue weighted by molar-refractivity contribution is -0.0686. The molecule has 3 aromatic carbocycles. The van der Waals surface area contributed by atoms with E-state index in [1.54, 1.807) is 13.0 Å². The van der Waals surface area contributed by atoms with Crippen molar-refractivity contribution in [1.29, 1.82) is 0 Å². The van der Waals surface area contributed by atoms with Gasteiger partial charge in [0.25, 0.3) is 0 Å². The molecular formula is C56H87FN6O3. The van der Waals surface area contributed by atoms with Gasteiger partial charge in [-0.15, -0.1) is 0 Å². The van der Waals surface area contributed by atoms with Crippen LogP contribution in [0.15, 0.2) is 78.9 Å². The molecule has 3 aliphatic carbocycles. The Morgan fingerprint density at radius 3 is 1.36 bits per heavy atom. The van der Waals surface area contributed by atoms with Crippen LogP contribution in [-0.2, 0) is 17.6 Å². The number of aliphatic hydroxyl groups is 3. The zero-order valence-corrected chi connectivity index (χ0v) is 41.4. The first-order chi connectivity index (χ1) is 31.8. The van der Waals surface area contributed by atoms with E-state index in [9.17, 15) is 19.7 Å². The lowest BCUT2D eigenvalue weighted by Gasteiger charge is -2.44. The van der Waals surface area contributed by atoms with E-state index in [4.69, 9.17) is 0 Å². The van der Waals surface area contributed by atoms with Crippen molar-refractivity contribution in [3.8, 4) is 0 Å².